The number of hydrogen-bond donors (Lipinski definition) is 1. The summed E-state index contributed by atoms with van der Waals surface area (Å²) in [6.45, 7) is 7.58. The lowest BCUT2D eigenvalue weighted by Crippen LogP contribution is -2.36. The molecular weight excluding hydrogens is 699 g/mol. The van der Waals surface area contributed by atoms with Crippen molar-refractivity contribution in [3.8, 4) is 0 Å². The van der Waals surface area contributed by atoms with Gasteiger partial charge in [0.25, 0.3) is 0 Å². The van der Waals surface area contributed by atoms with Crippen molar-refractivity contribution >= 4 is 35.5 Å². The highest BCUT2D eigenvalue weighted by molar-refractivity contribution is 7.99. The van der Waals surface area contributed by atoms with Gasteiger partial charge < -0.3 is 19.3 Å². The Labute approximate surface area is 335 Å². The summed E-state index contributed by atoms with van der Waals surface area (Å²) in [5, 5.41) is 10.1. The van der Waals surface area contributed by atoms with E-state index in [9.17, 15) is 14.7 Å². The normalized spacial score (nSPS) is 12.1. The van der Waals surface area contributed by atoms with E-state index in [0.717, 1.165) is 42.5 Å². The van der Waals surface area contributed by atoms with E-state index >= 15 is 0 Å². The average Bonchev–Trinajstić information content (AvgIpc) is 3.68. The van der Waals surface area contributed by atoms with Crippen LogP contribution in [0.4, 0.5) is 0 Å². The number of carboxylic acids is 1. The maximum atomic E-state index is 12.6. The van der Waals surface area contributed by atoms with Crippen LogP contribution in [-0.2, 0) is 20.9 Å². The molecule has 1 rings (SSSR count). The quantitative estimate of drug-likeness (QED) is 0.0518. The van der Waals surface area contributed by atoms with Crippen LogP contribution in [0, 0.1) is 5.92 Å². The molecule has 0 radical (unpaired) electrons. The number of carbonyl (C=O) groups excluding carboxylic acids is 1. The second-order valence-corrected chi connectivity index (χ2v) is 17.7. The SMILES string of the molecule is CCCCCCCCCCCCCCSCCOC(=O)CCN(CCCn1ccnc1)CC(CCSCCCCCCCCCCCCCC)C(=O)O. The van der Waals surface area contributed by atoms with E-state index < -0.39 is 11.9 Å². The number of nitrogens with zero attached hydrogens (tertiary/aromatic N) is 3. The van der Waals surface area contributed by atoms with Crippen molar-refractivity contribution in [2.45, 2.75) is 194 Å². The van der Waals surface area contributed by atoms with Gasteiger partial charge in [-0.2, -0.15) is 23.5 Å². The predicted molar refractivity (Wildman–Crippen MR) is 231 cm³/mol. The van der Waals surface area contributed by atoms with Gasteiger partial charge in [0.2, 0.25) is 0 Å². The van der Waals surface area contributed by atoms with Crippen molar-refractivity contribution in [2.75, 3.05) is 49.3 Å². The minimum Gasteiger partial charge on any atom is -0.481 e. The lowest BCUT2D eigenvalue weighted by atomic mass is 10.1. The monoisotopic (exact) mass is 782 g/mol. The molecule has 53 heavy (non-hydrogen) atoms. The first kappa shape index (κ1) is 49.8. The molecule has 0 saturated carbocycles. The number of aryl methyl sites for hydroxylation is 1. The summed E-state index contributed by atoms with van der Waals surface area (Å²) in [5.74, 6) is 2.62. The molecule has 1 aromatic heterocycles. The van der Waals surface area contributed by atoms with Crippen molar-refractivity contribution in [2.24, 2.45) is 5.92 Å². The molecule has 9 heteroatoms. The molecule has 0 aromatic carbocycles. The zero-order valence-electron chi connectivity index (χ0n) is 34.6. The molecule has 1 unspecified atom stereocenters. The molecule has 310 valence electrons. The van der Waals surface area contributed by atoms with Gasteiger partial charge in [-0.15, -0.1) is 0 Å². The second-order valence-electron chi connectivity index (χ2n) is 15.3. The lowest BCUT2D eigenvalue weighted by Gasteiger charge is -2.25. The van der Waals surface area contributed by atoms with Gasteiger partial charge in [0.1, 0.15) is 6.61 Å². The molecule has 1 atom stereocenters. The number of carboxylic acid groups (broad SMARTS) is 1. The summed E-state index contributed by atoms with van der Waals surface area (Å²) in [6.07, 6.45) is 40.0. The number of ether oxygens (including phenoxy) is 1. The predicted octanol–water partition coefficient (Wildman–Crippen LogP) is 12.5. The first-order valence-corrected chi connectivity index (χ1v) is 24.6. The maximum Gasteiger partial charge on any atom is 0.307 e. The highest BCUT2D eigenvalue weighted by Gasteiger charge is 2.21. The number of esters is 1. The van der Waals surface area contributed by atoms with E-state index in [1.807, 2.05) is 40.6 Å². The molecule has 7 nitrogen and oxygen atoms in total. The molecule has 1 aromatic rings. The molecule has 0 bridgehead atoms. The maximum absolute atomic E-state index is 12.6. The van der Waals surface area contributed by atoms with Gasteiger partial charge >= 0.3 is 11.9 Å². The number of aliphatic carboxylic acids is 1. The number of hydrogen-bond acceptors (Lipinski definition) is 7. The number of unbranched alkanes of at least 4 members (excludes halogenated alkanes) is 22. The van der Waals surface area contributed by atoms with Gasteiger partial charge in [0.15, 0.2) is 0 Å². The topological polar surface area (TPSA) is 84.7 Å². The van der Waals surface area contributed by atoms with Crippen molar-refractivity contribution in [1.29, 1.82) is 0 Å². The molecule has 0 amide bonds. The van der Waals surface area contributed by atoms with E-state index in [1.165, 1.54) is 154 Å². The molecular formula is C44H83N3O4S2. The van der Waals surface area contributed by atoms with E-state index in [0.29, 0.717) is 32.5 Å². The molecule has 0 fully saturated rings. The summed E-state index contributed by atoms with van der Waals surface area (Å²) < 4.78 is 7.61. The Balaban J connectivity index is 2.19. The minimum absolute atomic E-state index is 0.180. The summed E-state index contributed by atoms with van der Waals surface area (Å²) in [4.78, 5) is 31.2. The number of rotatable bonds is 42. The standard InChI is InChI=1S/C44H83N3O4S2/c1-3-5-7-9-11-13-15-17-19-21-23-25-36-52-38-29-42(44(49)50)40-46(31-27-32-47-34-30-45-41-47)33-28-43(48)51-35-39-53-37-26-24-22-20-18-16-14-12-10-8-6-4-2/h30,34,41-42H,3-29,31-33,35-40H2,1-2H3,(H,49,50). The van der Waals surface area contributed by atoms with Crippen LogP contribution in [0.5, 0.6) is 0 Å². The van der Waals surface area contributed by atoms with Gasteiger partial charge in [-0.3, -0.25) is 9.59 Å². The molecule has 0 saturated heterocycles. The number of thioether (sulfide) groups is 2. The van der Waals surface area contributed by atoms with Gasteiger partial charge in [0.05, 0.1) is 18.7 Å². The Morgan fingerprint density at radius 3 is 1.62 bits per heavy atom. The molecule has 1 heterocycles. The first-order valence-electron chi connectivity index (χ1n) is 22.3. The fourth-order valence-corrected chi connectivity index (χ4v) is 8.73. The van der Waals surface area contributed by atoms with Gasteiger partial charge in [-0.25, -0.2) is 4.98 Å². The largest absolute Gasteiger partial charge is 0.481 e. The molecule has 0 aliphatic rings. The van der Waals surface area contributed by atoms with E-state index in [2.05, 4.69) is 23.7 Å². The second kappa shape index (κ2) is 39.1. The Morgan fingerprint density at radius 1 is 0.660 bits per heavy atom. The zero-order chi connectivity index (χ0) is 38.3. The number of imidazole rings is 1. The van der Waals surface area contributed by atoms with Crippen molar-refractivity contribution < 1.29 is 19.4 Å². The fraction of sp³-hybridized carbons (Fsp3) is 0.886. The van der Waals surface area contributed by atoms with Crippen molar-refractivity contribution in [3.63, 3.8) is 0 Å². The Morgan fingerprint density at radius 2 is 1.15 bits per heavy atom. The highest BCUT2D eigenvalue weighted by Crippen LogP contribution is 2.17. The molecule has 0 aliphatic heterocycles. The number of aromatic nitrogens is 2. The van der Waals surface area contributed by atoms with Gasteiger partial charge in [-0.1, -0.05) is 155 Å². The van der Waals surface area contributed by atoms with Crippen LogP contribution in [0.25, 0.3) is 0 Å². The van der Waals surface area contributed by atoms with Crippen LogP contribution in [0.1, 0.15) is 187 Å². The van der Waals surface area contributed by atoms with Gasteiger partial charge in [-0.05, 0) is 49.5 Å². The Kier molecular flexibility index (Phi) is 36.7. The van der Waals surface area contributed by atoms with Crippen molar-refractivity contribution in [1.82, 2.24) is 14.5 Å². The summed E-state index contributed by atoms with van der Waals surface area (Å²) in [7, 11) is 0. The van der Waals surface area contributed by atoms with Gasteiger partial charge in [0, 0.05) is 37.8 Å². The summed E-state index contributed by atoms with van der Waals surface area (Å²) in [5.41, 5.74) is 0. The third-order valence-corrected chi connectivity index (χ3v) is 12.4. The van der Waals surface area contributed by atoms with Crippen LogP contribution < -0.4 is 0 Å². The third-order valence-electron chi connectivity index (χ3n) is 10.3. The first-order chi connectivity index (χ1) is 26.1. The van der Waals surface area contributed by atoms with E-state index in [-0.39, 0.29) is 5.97 Å². The number of carbonyl (C=O) groups is 2. The molecule has 0 aliphatic carbocycles. The fourth-order valence-electron chi connectivity index (χ4n) is 6.85. The van der Waals surface area contributed by atoms with Crippen LogP contribution in [0.2, 0.25) is 0 Å². The average molecular weight is 782 g/mol. The van der Waals surface area contributed by atoms with Crippen LogP contribution >= 0.6 is 23.5 Å². The zero-order valence-corrected chi connectivity index (χ0v) is 36.2. The van der Waals surface area contributed by atoms with Crippen LogP contribution in [-0.4, -0.2) is 80.7 Å². The summed E-state index contributed by atoms with van der Waals surface area (Å²) in [6, 6.07) is 0. The van der Waals surface area contributed by atoms with Crippen LogP contribution in [0.15, 0.2) is 18.7 Å². The lowest BCUT2D eigenvalue weighted by molar-refractivity contribution is -0.143. The van der Waals surface area contributed by atoms with E-state index in [1.54, 1.807) is 6.20 Å². The Bertz CT molecular complexity index is 920. The summed E-state index contributed by atoms with van der Waals surface area (Å²) >= 11 is 3.78. The third kappa shape index (κ3) is 33.8. The smallest absolute Gasteiger partial charge is 0.307 e. The highest BCUT2D eigenvalue weighted by atomic mass is 32.2. The minimum atomic E-state index is -0.733. The Hall–Kier alpha value is -1.19. The van der Waals surface area contributed by atoms with E-state index in [4.69, 9.17) is 4.74 Å². The van der Waals surface area contributed by atoms with Crippen molar-refractivity contribution in [3.05, 3.63) is 18.7 Å². The molecule has 0 spiro atoms. The van der Waals surface area contributed by atoms with Crippen LogP contribution in [0.3, 0.4) is 0 Å². The molecule has 1 N–H and O–H groups in total.